The van der Waals surface area contributed by atoms with Crippen molar-refractivity contribution >= 4 is 21.6 Å². The SMILES string of the molecule is CCOc1ccc(C(=O)c2c(S(C)(=O)=O)cc3n2CCC3C(=O)OC)cc1. The van der Waals surface area contributed by atoms with Crippen molar-refractivity contribution in [2.75, 3.05) is 20.0 Å². The van der Waals surface area contributed by atoms with Gasteiger partial charge in [-0.3, -0.25) is 9.59 Å². The quantitative estimate of drug-likeness (QED) is 0.554. The molecule has 0 fully saturated rings. The highest BCUT2D eigenvalue weighted by atomic mass is 32.2. The van der Waals surface area contributed by atoms with Crippen LogP contribution in [-0.4, -0.2) is 44.7 Å². The van der Waals surface area contributed by atoms with E-state index >= 15 is 0 Å². The molecule has 0 amide bonds. The van der Waals surface area contributed by atoms with Crippen LogP contribution in [0.15, 0.2) is 35.2 Å². The van der Waals surface area contributed by atoms with E-state index in [2.05, 4.69) is 0 Å². The van der Waals surface area contributed by atoms with Crippen LogP contribution in [0.1, 0.15) is 41.0 Å². The van der Waals surface area contributed by atoms with Gasteiger partial charge in [-0.25, -0.2) is 8.42 Å². The summed E-state index contributed by atoms with van der Waals surface area (Å²) in [6.07, 6.45) is 1.52. The third-order valence-corrected chi connectivity index (χ3v) is 5.73. The molecule has 3 rings (SSSR count). The predicted molar refractivity (Wildman–Crippen MR) is 98.0 cm³/mol. The molecule has 0 saturated heterocycles. The number of esters is 1. The van der Waals surface area contributed by atoms with Crippen molar-refractivity contribution in [3.05, 3.63) is 47.3 Å². The molecule has 0 bridgehead atoms. The second-order valence-electron chi connectivity index (χ2n) is 6.36. The molecular formula is C19H21NO6S. The lowest BCUT2D eigenvalue weighted by Gasteiger charge is -2.09. The van der Waals surface area contributed by atoms with E-state index in [1.807, 2.05) is 6.92 Å². The topological polar surface area (TPSA) is 91.7 Å². The number of hydrogen-bond donors (Lipinski definition) is 0. The van der Waals surface area contributed by atoms with E-state index in [1.54, 1.807) is 28.8 Å². The molecule has 0 saturated carbocycles. The molecule has 8 heteroatoms. The van der Waals surface area contributed by atoms with E-state index in [0.29, 0.717) is 36.6 Å². The zero-order valence-corrected chi connectivity index (χ0v) is 16.2. The number of nitrogens with zero attached hydrogens (tertiary/aromatic N) is 1. The molecule has 0 N–H and O–H groups in total. The molecule has 2 aromatic rings. The van der Waals surface area contributed by atoms with Crippen LogP contribution in [0, 0.1) is 0 Å². The molecule has 0 aliphatic carbocycles. The van der Waals surface area contributed by atoms with E-state index in [4.69, 9.17) is 9.47 Å². The Bertz CT molecular complexity index is 988. The summed E-state index contributed by atoms with van der Waals surface area (Å²) in [5.74, 6) is -0.789. The second-order valence-corrected chi connectivity index (χ2v) is 8.34. The van der Waals surface area contributed by atoms with Gasteiger partial charge in [0.15, 0.2) is 9.84 Å². The first kappa shape index (κ1) is 19.2. The van der Waals surface area contributed by atoms with Gasteiger partial charge in [0, 0.05) is 24.1 Å². The Balaban J connectivity index is 2.09. The summed E-state index contributed by atoms with van der Waals surface area (Å²) in [5, 5.41) is 0. The predicted octanol–water partition coefficient (Wildman–Crippen LogP) is 2.18. The minimum absolute atomic E-state index is 0.0648. The summed E-state index contributed by atoms with van der Waals surface area (Å²) in [4.78, 5) is 25.0. The van der Waals surface area contributed by atoms with E-state index in [-0.39, 0.29) is 10.6 Å². The molecule has 1 aliphatic heterocycles. The number of methoxy groups -OCH3 is 1. The van der Waals surface area contributed by atoms with Crippen molar-refractivity contribution in [1.29, 1.82) is 0 Å². The highest BCUT2D eigenvalue weighted by Gasteiger charge is 2.37. The average Bonchev–Trinajstić information content (AvgIpc) is 3.20. The summed E-state index contributed by atoms with van der Waals surface area (Å²) in [6.45, 7) is 2.74. The Morgan fingerprint density at radius 1 is 1.22 bits per heavy atom. The highest BCUT2D eigenvalue weighted by molar-refractivity contribution is 7.90. The number of rotatable bonds is 6. The number of carbonyl (C=O) groups excluding carboxylic acids is 2. The fourth-order valence-electron chi connectivity index (χ4n) is 3.38. The monoisotopic (exact) mass is 391 g/mol. The Kier molecular flexibility index (Phi) is 5.10. The van der Waals surface area contributed by atoms with Gasteiger partial charge in [-0.15, -0.1) is 0 Å². The zero-order valence-electron chi connectivity index (χ0n) is 15.4. The summed E-state index contributed by atoms with van der Waals surface area (Å²) in [6, 6.07) is 7.97. The van der Waals surface area contributed by atoms with Crippen molar-refractivity contribution < 1.29 is 27.5 Å². The largest absolute Gasteiger partial charge is 0.494 e. The minimum atomic E-state index is -3.66. The fourth-order valence-corrected chi connectivity index (χ4v) is 4.27. The van der Waals surface area contributed by atoms with Crippen molar-refractivity contribution in [2.45, 2.75) is 30.7 Å². The first-order valence-electron chi connectivity index (χ1n) is 8.56. The minimum Gasteiger partial charge on any atom is -0.494 e. The molecule has 1 unspecified atom stereocenters. The van der Waals surface area contributed by atoms with Crippen LogP contribution in [0.4, 0.5) is 0 Å². The van der Waals surface area contributed by atoms with Gasteiger partial charge in [0.25, 0.3) is 0 Å². The van der Waals surface area contributed by atoms with Crippen LogP contribution in [0.25, 0.3) is 0 Å². The molecule has 1 aliphatic rings. The van der Waals surface area contributed by atoms with Crippen LogP contribution in [0.5, 0.6) is 5.75 Å². The maximum absolute atomic E-state index is 13.1. The zero-order chi connectivity index (χ0) is 19.8. The smallest absolute Gasteiger partial charge is 0.314 e. The molecule has 2 heterocycles. The molecule has 0 radical (unpaired) electrons. The number of ketones is 1. The van der Waals surface area contributed by atoms with E-state index in [9.17, 15) is 18.0 Å². The van der Waals surface area contributed by atoms with Crippen LogP contribution in [0.2, 0.25) is 0 Å². The Morgan fingerprint density at radius 3 is 2.44 bits per heavy atom. The first-order chi connectivity index (χ1) is 12.8. The average molecular weight is 391 g/mol. The van der Waals surface area contributed by atoms with E-state index in [0.717, 1.165) is 6.26 Å². The molecule has 1 aromatic heterocycles. The molecule has 27 heavy (non-hydrogen) atoms. The summed E-state index contributed by atoms with van der Waals surface area (Å²) in [7, 11) is -2.37. The van der Waals surface area contributed by atoms with Crippen LogP contribution in [0.3, 0.4) is 0 Å². The fraction of sp³-hybridized carbons (Fsp3) is 0.368. The lowest BCUT2D eigenvalue weighted by atomic mass is 10.1. The lowest BCUT2D eigenvalue weighted by molar-refractivity contribution is -0.142. The second kappa shape index (κ2) is 7.19. The van der Waals surface area contributed by atoms with Gasteiger partial charge in [-0.05, 0) is 43.7 Å². The normalized spacial score (nSPS) is 16.0. The Labute approximate surface area is 157 Å². The van der Waals surface area contributed by atoms with E-state index < -0.39 is 27.5 Å². The number of ether oxygens (including phenoxy) is 2. The number of aromatic nitrogens is 1. The number of fused-ring (bicyclic) bond motifs is 1. The van der Waals surface area contributed by atoms with Crippen molar-refractivity contribution in [1.82, 2.24) is 4.57 Å². The third-order valence-electron chi connectivity index (χ3n) is 4.62. The Hall–Kier alpha value is -2.61. The van der Waals surface area contributed by atoms with Crippen molar-refractivity contribution in [3.63, 3.8) is 0 Å². The number of benzene rings is 1. The molecular weight excluding hydrogens is 370 g/mol. The maximum Gasteiger partial charge on any atom is 0.314 e. The molecule has 0 spiro atoms. The number of sulfone groups is 1. The van der Waals surface area contributed by atoms with E-state index in [1.165, 1.54) is 13.2 Å². The molecule has 1 aromatic carbocycles. The summed E-state index contributed by atoms with van der Waals surface area (Å²) >= 11 is 0. The molecule has 7 nitrogen and oxygen atoms in total. The van der Waals surface area contributed by atoms with Gasteiger partial charge in [0.2, 0.25) is 5.78 Å². The molecule has 1 atom stereocenters. The summed E-state index contributed by atoms with van der Waals surface area (Å²) in [5.41, 5.74) is 0.936. The molecule has 144 valence electrons. The van der Waals surface area contributed by atoms with Crippen LogP contribution >= 0.6 is 0 Å². The van der Waals surface area contributed by atoms with Crippen LogP contribution in [-0.2, 0) is 25.9 Å². The van der Waals surface area contributed by atoms with Gasteiger partial charge in [-0.2, -0.15) is 0 Å². The van der Waals surface area contributed by atoms with Crippen molar-refractivity contribution in [3.8, 4) is 5.75 Å². The Morgan fingerprint density at radius 2 is 1.89 bits per heavy atom. The third kappa shape index (κ3) is 3.49. The first-order valence-corrected chi connectivity index (χ1v) is 10.5. The van der Waals surface area contributed by atoms with Gasteiger partial charge in [0.1, 0.15) is 11.4 Å². The standard InChI is InChI=1S/C19H21NO6S/c1-4-26-13-7-5-12(6-8-13)18(21)17-16(27(3,23)24)11-15-14(19(22)25-2)9-10-20(15)17/h5-8,11,14H,4,9-10H2,1-3H3. The van der Waals surface area contributed by atoms with Gasteiger partial charge < -0.3 is 14.0 Å². The maximum atomic E-state index is 13.1. The van der Waals surface area contributed by atoms with Gasteiger partial charge >= 0.3 is 5.97 Å². The lowest BCUT2D eigenvalue weighted by Crippen LogP contribution is -2.13. The van der Waals surface area contributed by atoms with Crippen molar-refractivity contribution in [2.24, 2.45) is 0 Å². The highest BCUT2D eigenvalue weighted by Crippen LogP contribution is 2.36. The number of carbonyl (C=O) groups is 2. The van der Waals surface area contributed by atoms with Crippen LogP contribution < -0.4 is 4.74 Å². The van der Waals surface area contributed by atoms with Gasteiger partial charge in [-0.1, -0.05) is 0 Å². The number of hydrogen-bond acceptors (Lipinski definition) is 6. The van der Waals surface area contributed by atoms with Gasteiger partial charge in [0.05, 0.1) is 24.5 Å². The summed E-state index contributed by atoms with van der Waals surface area (Å²) < 4.78 is 36.4.